The van der Waals surface area contributed by atoms with E-state index in [9.17, 15) is 33.6 Å². The summed E-state index contributed by atoms with van der Waals surface area (Å²) in [5.41, 5.74) is 7.97. The monoisotopic (exact) mass is 1090 g/mol. The highest BCUT2D eigenvalue weighted by Crippen LogP contribution is 2.40. The molecule has 2 aliphatic heterocycles. The summed E-state index contributed by atoms with van der Waals surface area (Å²) in [6, 6.07) is 3.47. The lowest BCUT2D eigenvalue weighted by Crippen LogP contribution is -2.55. The van der Waals surface area contributed by atoms with Gasteiger partial charge in [-0.15, -0.1) is 0 Å². The number of aromatic amines is 2. The maximum atomic E-state index is 15.2. The van der Waals surface area contributed by atoms with Gasteiger partial charge in [-0.05, 0) is 129 Å². The number of hydrogen-bond donors (Lipinski definition) is 4. The fraction of sp³-hybridized carbons (Fsp3) is 0.571. The van der Waals surface area contributed by atoms with E-state index in [4.69, 9.17) is 24.7 Å². The van der Waals surface area contributed by atoms with Gasteiger partial charge in [0.25, 0.3) is 0 Å². The van der Waals surface area contributed by atoms with Crippen molar-refractivity contribution < 1.29 is 61.3 Å². The summed E-state index contributed by atoms with van der Waals surface area (Å²) in [6.45, 7) is 19.6. The summed E-state index contributed by atoms with van der Waals surface area (Å²) >= 11 is 0. The zero-order chi connectivity index (χ0) is 57.9. The van der Waals surface area contributed by atoms with Crippen molar-refractivity contribution in [3.05, 3.63) is 59.2 Å². The number of amides is 5. The zero-order valence-electron chi connectivity index (χ0n) is 47.3. The molecule has 22 heteroatoms. The molecule has 2 aromatic carbocycles. The summed E-state index contributed by atoms with van der Waals surface area (Å²) in [7, 11) is 2.95. The van der Waals surface area contributed by atoms with Crippen LogP contribution >= 0.6 is 0 Å². The topological polar surface area (TPSA) is 251 Å². The van der Waals surface area contributed by atoms with Crippen molar-refractivity contribution in [3.63, 3.8) is 0 Å². The van der Waals surface area contributed by atoms with Crippen molar-refractivity contribution in [2.24, 2.45) is 10.7 Å². The van der Waals surface area contributed by atoms with Crippen molar-refractivity contribution in [1.82, 2.24) is 34.9 Å². The number of esters is 2. The van der Waals surface area contributed by atoms with Gasteiger partial charge in [0.1, 0.15) is 59.0 Å². The van der Waals surface area contributed by atoms with E-state index < -0.39 is 113 Å². The van der Waals surface area contributed by atoms with Gasteiger partial charge >= 0.3 is 24.1 Å². The number of aromatic nitrogens is 2. The molecule has 5 N–H and O–H groups in total. The molecule has 5 amide bonds. The molecule has 0 radical (unpaired) electrons. The molecule has 20 nitrogen and oxygen atoms in total. The summed E-state index contributed by atoms with van der Waals surface area (Å²) < 4.78 is 52.8. The molecule has 2 saturated heterocycles. The van der Waals surface area contributed by atoms with Crippen molar-refractivity contribution in [2.45, 2.75) is 181 Å². The Bertz CT molecular complexity index is 2940. The van der Waals surface area contributed by atoms with Crippen molar-refractivity contribution in [3.8, 4) is 11.4 Å². The Morgan fingerprint density at radius 1 is 0.705 bits per heavy atom. The molecule has 0 aliphatic carbocycles. The number of halogens is 2. The predicted octanol–water partition coefficient (Wildman–Crippen LogP) is 7.29. The van der Waals surface area contributed by atoms with E-state index in [0.717, 1.165) is 4.90 Å². The van der Waals surface area contributed by atoms with E-state index in [1.807, 2.05) is 0 Å². The zero-order valence-corrected chi connectivity index (χ0v) is 47.3. The van der Waals surface area contributed by atoms with E-state index in [1.165, 1.54) is 64.0 Å². The Balaban J connectivity index is 1.39. The van der Waals surface area contributed by atoms with E-state index in [-0.39, 0.29) is 57.5 Å². The SMILES string of the molecule is CCC(NC(=O)[C@H](C)N(C)C(=O)OC(C)(C)C)C(=O)N1C[C@@H](OC(C)=O)C[C@H]1Cc1c(-c2[nH]c3cc(F)ccc3c2C[C@@H]2CC(OC(C)=O)CN2C(=O)[C@H](CC)N=C(N)[C@H](C)N(C)C(=O)OC(C)(C)C)[nH]c2cc(F)ccc12. The Labute approximate surface area is 454 Å². The number of nitrogens with one attached hydrogen (secondary N) is 3. The van der Waals surface area contributed by atoms with Crippen molar-refractivity contribution >= 4 is 69.5 Å². The van der Waals surface area contributed by atoms with Crippen LogP contribution in [-0.4, -0.2) is 164 Å². The minimum absolute atomic E-state index is 0.00507. The molecular weight excluding hydrogens is 1010 g/mol. The number of likely N-dealkylation sites (N-methyl/N-ethyl adjacent to an activating group) is 2. The first-order valence-corrected chi connectivity index (χ1v) is 26.5. The first kappa shape index (κ1) is 60.0. The normalized spacial score (nSPS) is 19.5. The number of likely N-dealkylation sites (tertiary alicyclic amines) is 2. The summed E-state index contributed by atoms with van der Waals surface area (Å²) in [5.74, 6) is -3.58. The van der Waals surface area contributed by atoms with Gasteiger partial charge in [0.15, 0.2) is 0 Å². The number of carbonyl (C=O) groups excluding carboxylic acids is 7. The van der Waals surface area contributed by atoms with Gasteiger partial charge in [-0.25, -0.2) is 18.4 Å². The highest BCUT2D eigenvalue weighted by molar-refractivity contribution is 5.97. The van der Waals surface area contributed by atoms with E-state index >= 15 is 8.78 Å². The molecule has 426 valence electrons. The Hall–Kier alpha value is -7.26. The summed E-state index contributed by atoms with van der Waals surface area (Å²) in [6.07, 6.45) is -1.70. The molecular formula is C56H77F2N9O11. The third-order valence-electron chi connectivity index (χ3n) is 14.2. The molecule has 4 heterocycles. The van der Waals surface area contributed by atoms with Crippen LogP contribution in [0.5, 0.6) is 0 Å². The van der Waals surface area contributed by atoms with Crippen LogP contribution in [0.1, 0.15) is 120 Å². The molecule has 6 rings (SSSR count). The minimum atomic E-state index is -1.05. The minimum Gasteiger partial charge on any atom is -0.461 e. The first-order chi connectivity index (χ1) is 36.4. The van der Waals surface area contributed by atoms with Crippen LogP contribution in [0.15, 0.2) is 41.4 Å². The summed E-state index contributed by atoms with van der Waals surface area (Å²) in [4.78, 5) is 111. The molecule has 2 fully saturated rings. The Morgan fingerprint density at radius 2 is 1.13 bits per heavy atom. The largest absolute Gasteiger partial charge is 0.461 e. The molecule has 2 unspecified atom stereocenters. The standard InChI is InChI=1S/C56H77F2N9O11/c1-15-43(62-49(59)29(3)64(13)53(73)77-55(7,8)9)51(71)66-27-37(75-31(5)68)23-35(66)25-41-39-19-17-33(57)21-45(39)60-47(41)48-42(40-20-18-34(58)22-46(40)61-48)26-36-24-38(76-32(6)69)28-67(36)52(72)44(16-2)63-50(70)30(4)65(14)54(74)78-56(10,11)12/h17-22,29-30,35-38,43-44,60-61H,15-16,23-28H2,1-14H3,(H2,59,62)(H,63,70)/t29-,30-,35-,36-,37?,38-,43-,44?/m0/s1. The maximum Gasteiger partial charge on any atom is 0.410 e. The molecule has 2 aliphatic rings. The number of nitrogens with zero attached hydrogens (tertiary/aromatic N) is 5. The number of hydrogen-bond acceptors (Lipinski definition) is 12. The molecule has 2 aromatic heterocycles. The van der Waals surface area contributed by atoms with E-state index in [1.54, 1.807) is 84.2 Å². The average Bonchev–Trinajstić information content (AvgIpc) is 4.21. The molecule has 0 bridgehead atoms. The van der Waals surface area contributed by atoms with Gasteiger partial charge in [0, 0.05) is 74.7 Å². The van der Waals surface area contributed by atoms with Crippen LogP contribution in [0.25, 0.3) is 33.2 Å². The smallest absolute Gasteiger partial charge is 0.410 e. The van der Waals surface area contributed by atoms with Crippen molar-refractivity contribution in [2.75, 3.05) is 27.2 Å². The van der Waals surface area contributed by atoms with E-state index in [0.29, 0.717) is 44.3 Å². The molecule has 78 heavy (non-hydrogen) atoms. The van der Waals surface area contributed by atoms with Gasteiger partial charge in [-0.1, -0.05) is 13.8 Å². The van der Waals surface area contributed by atoms with Gasteiger partial charge in [-0.2, -0.15) is 0 Å². The Morgan fingerprint density at radius 3 is 1.53 bits per heavy atom. The van der Waals surface area contributed by atoms with Crippen LogP contribution in [0.3, 0.4) is 0 Å². The number of nitrogens with two attached hydrogens (primary N) is 1. The third-order valence-corrected chi connectivity index (χ3v) is 14.2. The maximum absolute atomic E-state index is 15.2. The third kappa shape index (κ3) is 14.3. The number of ether oxygens (including phenoxy) is 4. The predicted molar refractivity (Wildman–Crippen MR) is 289 cm³/mol. The second-order valence-corrected chi connectivity index (χ2v) is 22.5. The summed E-state index contributed by atoms with van der Waals surface area (Å²) in [5, 5.41) is 4.03. The lowest BCUT2D eigenvalue weighted by Gasteiger charge is -2.31. The second kappa shape index (κ2) is 24.2. The number of benzene rings is 2. The molecule has 0 saturated carbocycles. The number of amidine groups is 1. The quantitative estimate of drug-likeness (QED) is 0.0352. The number of aliphatic imine (C=N–C) groups is 1. The number of carbonyl (C=O) groups is 7. The number of rotatable bonds is 17. The first-order valence-electron chi connectivity index (χ1n) is 26.5. The molecule has 8 atom stereocenters. The average molecular weight is 1090 g/mol. The highest BCUT2D eigenvalue weighted by atomic mass is 19.1. The fourth-order valence-electron chi connectivity index (χ4n) is 10.1. The van der Waals surface area contributed by atoms with Crippen LogP contribution < -0.4 is 11.1 Å². The highest BCUT2D eigenvalue weighted by Gasteiger charge is 2.43. The van der Waals surface area contributed by atoms with Crippen LogP contribution in [0, 0.1) is 11.6 Å². The van der Waals surface area contributed by atoms with Crippen molar-refractivity contribution in [1.29, 1.82) is 0 Å². The van der Waals surface area contributed by atoms with Gasteiger partial charge in [0.2, 0.25) is 17.7 Å². The van der Waals surface area contributed by atoms with Crippen LogP contribution in [0.2, 0.25) is 0 Å². The lowest BCUT2D eigenvalue weighted by molar-refractivity contribution is -0.147. The second-order valence-electron chi connectivity index (χ2n) is 22.5. The van der Waals surface area contributed by atoms with Crippen LogP contribution in [-0.2, 0) is 55.8 Å². The van der Waals surface area contributed by atoms with Gasteiger partial charge in [0.05, 0.1) is 30.5 Å². The van der Waals surface area contributed by atoms with E-state index in [2.05, 4.69) is 20.3 Å². The van der Waals surface area contributed by atoms with Crippen LogP contribution in [0.4, 0.5) is 18.4 Å². The molecule has 0 spiro atoms. The number of H-pyrrole nitrogens is 2. The van der Waals surface area contributed by atoms with Gasteiger partial charge in [-0.3, -0.25) is 33.9 Å². The Kier molecular flexibility index (Phi) is 18.6. The molecule has 4 aromatic rings. The number of fused-ring (bicyclic) bond motifs is 2. The fourth-order valence-corrected chi connectivity index (χ4v) is 10.1. The van der Waals surface area contributed by atoms with Gasteiger partial charge < -0.3 is 54.7 Å². The lowest BCUT2D eigenvalue weighted by atomic mass is 9.94.